The molecule has 0 heterocycles. The SMILES string of the molecule is COc1c[c]cc(C#N)c1. The lowest BCUT2D eigenvalue weighted by Gasteiger charge is -1.96. The average Bonchev–Trinajstić information content (AvgIpc) is 2.05. The molecule has 0 fully saturated rings. The number of hydrogen-bond donors (Lipinski definition) is 0. The van der Waals surface area contributed by atoms with E-state index < -0.39 is 0 Å². The van der Waals surface area contributed by atoms with Gasteiger partial charge in [-0.2, -0.15) is 5.26 Å². The average molecular weight is 132 g/mol. The molecule has 0 saturated heterocycles. The molecule has 2 heteroatoms. The first-order chi connectivity index (χ1) is 4.86. The van der Waals surface area contributed by atoms with Crippen molar-refractivity contribution in [3.63, 3.8) is 0 Å². The molecular weight excluding hydrogens is 126 g/mol. The normalized spacial score (nSPS) is 8.40. The number of hydrogen-bond acceptors (Lipinski definition) is 2. The zero-order valence-corrected chi connectivity index (χ0v) is 5.59. The summed E-state index contributed by atoms with van der Waals surface area (Å²) in [6.45, 7) is 0. The van der Waals surface area contributed by atoms with Gasteiger partial charge >= 0.3 is 0 Å². The van der Waals surface area contributed by atoms with Crippen LogP contribution in [0.25, 0.3) is 0 Å². The van der Waals surface area contributed by atoms with Crippen LogP contribution in [0.5, 0.6) is 5.75 Å². The largest absolute Gasteiger partial charge is 0.497 e. The van der Waals surface area contributed by atoms with Crippen LogP contribution in [0.2, 0.25) is 0 Å². The summed E-state index contributed by atoms with van der Waals surface area (Å²) in [6.07, 6.45) is 0. The third-order valence-corrected chi connectivity index (χ3v) is 1.13. The van der Waals surface area contributed by atoms with Crippen molar-refractivity contribution in [3.8, 4) is 11.8 Å². The molecule has 0 aliphatic carbocycles. The van der Waals surface area contributed by atoms with Gasteiger partial charge in [-0.05, 0) is 24.3 Å². The minimum absolute atomic E-state index is 0.569. The van der Waals surface area contributed by atoms with Crippen molar-refractivity contribution < 1.29 is 4.74 Å². The fourth-order valence-electron chi connectivity index (χ4n) is 0.633. The molecule has 0 aromatic heterocycles. The molecule has 2 nitrogen and oxygen atoms in total. The lowest BCUT2D eigenvalue weighted by Crippen LogP contribution is -1.82. The molecular formula is C8H6NO. The summed E-state index contributed by atoms with van der Waals surface area (Å²) < 4.78 is 4.87. The lowest BCUT2D eigenvalue weighted by molar-refractivity contribution is 0.414. The van der Waals surface area contributed by atoms with Crippen molar-refractivity contribution in [2.24, 2.45) is 0 Å². The highest BCUT2D eigenvalue weighted by Crippen LogP contribution is 2.10. The van der Waals surface area contributed by atoms with Gasteiger partial charge < -0.3 is 4.74 Å². The molecule has 0 spiro atoms. The quantitative estimate of drug-likeness (QED) is 0.578. The third-order valence-electron chi connectivity index (χ3n) is 1.13. The Kier molecular flexibility index (Phi) is 1.91. The van der Waals surface area contributed by atoms with Crippen molar-refractivity contribution >= 4 is 0 Å². The number of ether oxygens (including phenoxy) is 1. The summed E-state index contributed by atoms with van der Waals surface area (Å²) >= 11 is 0. The van der Waals surface area contributed by atoms with Gasteiger partial charge in [0.05, 0.1) is 18.7 Å². The van der Waals surface area contributed by atoms with E-state index in [4.69, 9.17) is 10.00 Å². The standard InChI is InChI=1S/C8H6NO/c1-10-8-4-2-3-7(5-8)6-9/h3-5H,1H3. The van der Waals surface area contributed by atoms with Crippen LogP contribution in [0, 0.1) is 17.4 Å². The summed E-state index contributed by atoms with van der Waals surface area (Å²) in [4.78, 5) is 0. The molecule has 1 rings (SSSR count). The van der Waals surface area contributed by atoms with Crippen LogP contribution in [-0.2, 0) is 0 Å². The zero-order chi connectivity index (χ0) is 7.40. The smallest absolute Gasteiger partial charge is 0.120 e. The first-order valence-electron chi connectivity index (χ1n) is 2.82. The van der Waals surface area contributed by atoms with E-state index in [-0.39, 0.29) is 0 Å². The Morgan fingerprint density at radius 3 is 3.00 bits per heavy atom. The highest BCUT2D eigenvalue weighted by atomic mass is 16.5. The second kappa shape index (κ2) is 2.88. The molecule has 0 bridgehead atoms. The van der Waals surface area contributed by atoms with Gasteiger partial charge in [-0.15, -0.1) is 0 Å². The molecule has 0 unspecified atom stereocenters. The topological polar surface area (TPSA) is 33.0 Å². The van der Waals surface area contributed by atoms with Gasteiger partial charge in [0.25, 0.3) is 0 Å². The van der Waals surface area contributed by atoms with Gasteiger partial charge in [0, 0.05) is 0 Å². The highest BCUT2D eigenvalue weighted by Gasteiger charge is 1.91. The molecule has 10 heavy (non-hydrogen) atoms. The summed E-state index contributed by atoms with van der Waals surface area (Å²) in [7, 11) is 1.56. The predicted molar refractivity (Wildman–Crippen MR) is 36.5 cm³/mol. The zero-order valence-electron chi connectivity index (χ0n) is 5.59. The summed E-state index contributed by atoms with van der Waals surface area (Å²) in [5.41, 5.74) is 0.569. The maximum absolute atomic E-state index is 8.43. The highest BCUT2D eigenvalue weighted by molar-refractivity contribution is 5.35. The Morgan fingerprint density at radius 1 is 1.60 bits per heavy atom. The van der Waals surface area contributed by atoms with Crippen LogP contribution in [0.3, 0.4) is 0 Å². The summed E-state index contributed by atoms with van der Waals surface area (Å²) in [5, 5.41) is 8.43. The van der Waals surface area contributed by atoms with E-state index in [2.05, 4.69) is 6.07 Å². The molecule has 0 N–H and O–H groups in total. The van der Waals surface area contributed by atoms with Crippen LogP contribution in [0.15, 0.2) is 18.2 Å². The Bertz CT molecular complexity index is 262. The molecule has 0 atom stereocenters. The van der Waals surface area contributed by atoms with Crippen LogP contribution in [-0.4, -0.2) is 7.11 Å². The number of methoxy groups -OCH3 is 1. The Labute approximate surface area is 59.7 Å². The van der Waals surface area contributed by atoms with Crippen molar-refractivity contribution in [2.75, 3.05) is 7.11 Å². The van der Waals surface area contributed by atoms with E-state index in [9.17, 15) is 0 Å². The Balaban J connectivity index is 3.01. The monoisotopic (exact) mass is 132 g/mol. The summed E-state index contributed by atoms with van der Waals surface area (Å²) in [5.74, 6) is 0.666. The van der Waals surface area contributed by atoms with E-state index in [1.54, 1.807) is 25.3 Å². The van der Waals surface area contributed by atoms with Crippen molar-refractivity contribution in [1.82, 2.24) is 0 Å². The summed E-state index contributed by atoms with van der Waals surface area (Å²) in [6, 6.07) is 9.73. The van der Waals surface area contributed by atoms with Gasteiger partial charge in [0.1, 0.15) is 5.75 Å². The fraction of sp³-hybridized carbons (Fsp3) is 0.125. The van der Waals surface area contributed by atoms with E-state index in [0.29, 0.717) is 11.3 Å². The second-order valence-electron chi connectivity index (χ2n) is 1.77. The molecule has 0 aliphatic heterocycles. The van der Waals surface area contributed by atoms with Crippen LogP contribution in [0.4, 0.5) is 0 Å². The minimum Gasteiger partial charge on any atom is -0.497 e. The first kappa shape index (κ1) is 6.63. The van der Waals surface area contributed by atoms with Gasteiger partial charge in [-0.1, -0.05) is 0 Å². The van der Waals surface area contributed by atoms with Crippen molar-refractivity contribution in [2.45, 2.75) is 0 Å². The maximum atomic E-state index is 8.43. The van der Waals surface area contributed by atoms with Gasteiger partial charge in [0.15, 0.2) is 0 Å². The number of benzene rings is 1. The van der Waals surface area contributed by atoms with Gasteiger partial charge in [-0.25, -0.2) is 0 Å². The molecule has 1 radical (unpaired) electrons. The number of nitrogens with zero attached hydrogens (tertiary/aromatic N) is 1. The third kappa shape index (κ3) is 1.26. The second-order valence-corrected chi connectivity index (χ2v) is 1.77. The number of nitriles is 1. The first-order valence-corrected chi connectivity index (χ1v) is 2.82. The van der Waals surface area contributed by atoms with Crippen LogP contribution >= 0.6 is 0 Å². The van der Waals surface area contributed by atoms with Gasteiger partial charge in [0.2, 0.25) is 0 Å². The number of rotatable bonds is 1. The lowest BCUT2D eigenvalue weighted by atomic mass is 10.2. The molecule has 1 aromatic rings. The van der Waals surface area contributed by atoms with E-state index in [1.165, 1.54) is 0 Å². The fourth-order valence-corrected chi connectivity index (χ4v) is 0.633. The Hall–Kier alpha value is -1.49. The van der Waals surface area contributed by atoms with E-state index in [1.807, 2.05) is 6.07 Å². The predicted octanol–water partition coefficient (Wildman–Crippen LogP) is 1.37. The van der Waals surface area contributed by atoms with E-state index >= 15 is 0 Å². The van der Waals surface area contributed by atoms with Crippen LogP contribution < -0.4 is 4.74 Å². The molecule has 0 aliphatic rings. The minimum atomic E-state index is 0.569. The van der Waals surface area contributed by atoms with Crippen molar-refractivity contribution in [3.05, 3.63) is 29.8 Å². The molecule has 0 amide bonds. The van der Waals surface area contributed by atoms with Gasteiger partial charge in [-0.3, -0.25) is 0 Å². The molecule has 49 valence electrons. The van der Waals surface area contributed by atoms with E-state index in [0.717, 1.165) is 0 Å². The Morgan fingerprint density at radius 2 is 2.40 bits per heavy atom. The maximum Gasteiger partial charge on any atom is 0.120 e. The molecule has 0 saturated carbocycles. The molecule has 1 aromatic carbocycles. The van der Waals surface area contributed by atoms with Crippen LogP contribution in [0.1, 0.15) is 5.56 Å². The van der Waals surface area contributed by atoms with Crippen molar-refractivity contribution in [1.29, 1.82) is 5.26 Å².